The highest BCUT2D eigenvalue weighted by Crippen LogP contribution is 2.44. The van der Waals surface area contributed by atoms with E-state index in [9.17, 15) is 0 Å². The predicted octanol–water partition coefficient (Wildman–Crippen LogP) is 2.27. The second-order valence-corrected chi connectivity index (χ2v) is 4.91. The van der Waals surface area contributed by atoms with E-state index in [1.54, 1.807) is 6.42 Å². The maximum atomic E-state index is 2.78. The minimum absolute atomic E-state index is 1.02. The molecule has 2 saturated heterocycles. The molecule has 1 nitrogen and oxygen atoms in total. The summed E-state index contributed by atoms with van der Waals surface area (Å²) in [4.78, 5) is 2.78. The Hall–Kier alpha value is -0.0400. The van der Waals surface area contributed by atoms with Gasteiger partial charge < -0.3 is 0 Å². The summed E-state index contributed by atoms with van der Waals surface area (Å²) in [6.45, 7) is 2.87. The number of rotatable bonds is 0. The Labute approximate surface area is 75.1 Å². The summed E-state index contributed by atoms with van der Waals surface area (Å²) in [7, 11) is 0. The van der Waals surface area contributed by atoms with Crippen LogP contribution in [0.2, 0.25) is 0 Å². The van der Waals surface area contributed by atoms with Gasteiger partial charge in [0.1, 0.15) is 0 Å². The van der Waals surface area contributed by atoms with Crippen LogP contribution < -0.4 is 0 Å². The molecule has 12 heavy (non-hydrogen) atoms. The van der Waals surface area contributed by atoms with Crippen LogP contribution in [0.1, 0.15) is 38.5 Å². The Morgan fingerprint density at radius 3 is 2.83 bits per heavy atom. The van der Waals surface area contributed by atoms with Crippen LogP contribution in [0.4, 0.5) is 0 Å². The van der Waals surface area contributed by atoms with Crippen LogP contribution in [0.3, 0.4) is 0 Å². The Bertz CT molecular complexity index is 178. The molecule has 1 saturated carbocycles. The lowest BCUT2D eigenvalue weighted by Gasteiger charge is -2.27. The van der Waals surface area contributed by atoms with Crippen LogP contribution in [-0.4, -0.2) is 24.0 Å². The van der Waals surface area contributed by atoms with Crippen molar-refractivity contribution in [3.63, 3.8) is 0 Å². The average molecular weight is 165 g/mol. The molecule has 1 aliphatic carbocycles. The predicted molar refractivity (Wildman–Crippen MR) is 50.0 cm³/mol. The van der Waals surface area contributed by atoms with Crippen molar-refractivity contribution in [2.45, 2.75) is 44.6 Å². The van der Waals surface area contributed by atoms with Crippen molar-refractivity contribution in [3.8, 4) is 0 Å². The van der Waals surface area contributed by atoms with Crippen molar-refractivity contribution in [2.24, 2.45) is 11.8 Å². The molecule has 0 aromatic carbocycles. The van der Waals surface area contributed by atoms with E-state index in [4.69, 9.17) is 0 Å². The van der Waals surface area contributed by atoms with Gasteiger partial charge >= 0.3 is 0 Å². The molecule has 0 aromatic heterocycles. The van der Waals surface area contributed by atoms with E-state index < -0.39 is 0 Å². The Kier molecular flexibility index (Phi) is 1.68. The zero-order valence-electron chi connectivity index (χ0n) is 7.84. The van der Waals surface area contributed by atoms with Crippen LogP contribution in [0, 0.1) is 11.8 Å². The third-order valence-corrected chi connectivity index (χ3v) is 4.35. The van der Waals surface area contributed by atoms with Gasteiger partial charge in [0, 0.05) is 12.6 Å². The van der Waals surface area contributed by atoms with Crippen molar-refractivity contribution in [1.82, 2.24) is 4.90 Å². The van der Waals surface area contributed by atoms with Gasteiger partial charge in [0.2, 0.25) is 0 Å². The van der Waals surface area contributed by atoms with Gasteiger partial charge in [-0.15, -0.1) is 0 Å². The van der Waals surface area contributed by atoms with E-state index in [2.05, 4.69) is 4.90 Å². The quantitative estimate of drug-likeness (QED) is 0.532. The van der Waals surface area contributed by atoms with Gasteiger partial charge in [-0.05, 0) is 44.1 Å². The summed E-state index contributed by atoms with van der Waals surface area (Å²) in [5.41, 5.74) is 0. The first-order valence-electron chi connectivity index (χ1n) is 5.69. The molecule has 3 aliphatic rings. The van der Waals surface area contributed by atoms with E-state index >= 15 is 0 Å². The van der Waals surface area contributed by atoms with E-state index in [1.807, 2.05) is 0 Å². The summed E-state index contributed by atoms with van der Waals surface area (Å²) in [6, 6.07) is 1.02. The Morgan fingerprint density at radius 1 is 0.917 bits per heavy atom. The molecule has 3 fully saturated rings. The summed E-state index contributed by atoms with van der Waals surface area (Å²) >= 11 is 0. The fourth-order valence-electron chi connectivity index (χ4n) is 3.83. The highest BCUT2D eigenvalue weighted by molar-refractivity contribution is 4.97. The lowest BCUT2D eigenvalue weighted by atomic mass is 9.78. The SMILES string of the molecule is C1CCC2C(C1)CN1CCCC21. The van der Waals surface area contributed by atoms with Crippen molar-refractivity contribution in [3.05, 3.63) is 0 Å². The van der Waals surface area contributed by atoms with Crippen LogP contribution in [0.15, 0.2) is 0 Å². The standard InChI is InChI=1S/C11H19N/c1-2-5-10-9(4-1)8-12-7-3-6-11(10)12/h9-11H,1-8H2. The fraction of sp³-hybridized carbons (Fsp3) is 1.00. The number of hydrogen-bond donors (Lipinski definition) is 0. The smallest absolute Gasteiger partial charge is 0.0127 e. The molecule has 0 N–H and O–H groups in total. The molecule has 0 aromatic rings. The number of nitrogens with zero attached hydrogens (tertiary/aromatic N) is 1. The second-order valence-electron chi connectivity index (χ2n) is 4.91. The van der Waals surface area contributed by atoms with E-state index in [1.165, 1.54) is 45.2 Å². The molecule has 2 aliphatic heterocycles. The Balaban J connectivity index is 1.79. The third-order valence-electron chi connectivity index (χ3n) is 4.35. The molecule has 2 heterocycles. The van der Waals surface area contributed by atoms with Gasteiger partial charge in [-0.1, -0.05) is 12.8 Å². The summed E-state index contributed by atoms with van der Waals surface area (Å²) in [5.74, 6) is 2.21. The monoisotopic (exact) mass is 165 g/mol. The van der Waals surface area contributed by atoms with Crippen molar-refractivity contribution < 1.29 is 0 Å². The van der Waals surface area contributed by atoms with Gasteiger partial charge in [0.15, 0.2) is 0 Å². The normalized spacial score (nSPS) is 47.5. The van der Waals surface area contributed by atoms with Gasteiger partial charge in [-0.3, -0.25) is 4.90 Å². The summed E-state index contributed by atoms with van der Waals surface area (Å²) in [5, 5.41) is 0. The molecule has 0 spiro atoms. The highest BCUT2D eigenvalue weighted by atomic mass is 15.2. The summed E-state index contributed by atoms with van der Waals surface area (Å²) < 4.78 is 0. The molecule has 0 radical (unpaired) electrons. The first-order chi connectivity index (χ1) is 5.95. The maximum absolute atomic E-state index is 2.78. The molecule has 0 bridgehead atoms. The third kappa shape index (κ3) is 0.953. The van der Waals surface area contributed by atoms with Crippen LogP contribution in [-0.2, 0) is 0 Å². The molecular formula is C11H19N. The Morgan fingerprint density at radius 2 is 1.83 bits per heavy atom. The van der Waals surface area contributed by atoms with Crippen LogP contribution in [0.5, 0.6) is 0 Å². The van der Waals surface area contributed by atoms with Crippen molar-refractivity contribution in [2.75, 3.05) is 13.1 Å². The minimum atomic E-state index is 1.02. The van der Waals surface area contributed by atoms with Crippen LogP contribution in [0.25, 0.3) is 0 Å². The van der Waals surface area contributed by atoms with E-state index in [-0.39, 0.29) is 0 Å². The van der Waals surface area contributed by atoms with Crippen molar-refractivity contribution >= 4 is 0 Å². The molecule has 3 atom stereocenters. The zero-order valence-corrected chi connectivity index (χ0v) is 7.84. The number of fused-ring (bicyclic) bond motifs is 3. The van der Waals surface area contributed by atoms with Gasteiger partial charge in [-0.25, -0.2) is 0 Å². The zero-order chi connectivity index (χ0) is 7.97. The van der Waals surface area contributed by atoms with Crippen molar-refractivity contribution in [1.29, 1.82) is 0 Å². The first kappa shape index (κ1) is 7.37. The minimum Gasteiger partial charge on any atom is -0.300 e. The lowest BCUT2D eigenvalue weighted by molar-refractivity contribution is 0.250. The van der Waals surface area contributed by atoms with Crippen LogP contribution >= 0.6 is 0 Å². The van der Waals surface area contributed by atoms with Gasteiger partial charge in [0.25, 0.3) is 0 Å². The largest absolute Gasteiger partial charge is 0.300 e. The van der Waals surface area contributed by atoms with E-state index in [0.717, 1.165) is 17.9 Å². The molecule has 3 rings (SSSR count). The van der Waals surface area contributed by atoms with Gasteiger partial charge in [-0.2, -0.15) is 0 Å². The average Bonchev–Trinajstić information content (AvgIpc) is 2.62. The first-order valence-corrected chi connectivity index (χ1v) is 5.69. The molecule has 1 heteroatoms. The second kappa shape index (κ2) is 2.73. The molecular weight excluding hydrogens is 146 g/mol. The van der Waals surface area contributed by atoms with Gasteiger partial charge in [0.05, 0.1) is 0 Å². The summed E-state index contributed by atoms with van der Waals surface area (Å²) in [6.07, 6.45) is 9.12. The van der Waals surface area contributed by atoms with E-state index in [0.29, 0.717) is 0 Å². The molecule has 0 amide bonds. The fourth-order valence-corrected chi connectivity index (χ4v) is 3.83. The maximum Gasteiger partial charge on any atom is 0.0127 e. The number of hydrogen-bond acceptors (Lipinski definition) is 1. The molecule has 68 valence electrons. The topological polar surface area (TPSA) is 3.24 Å². The molecule has 3 unspecified atom stereocenters. The highest BCUT2D eigenvalue weighted by Gasteiger charge is 2.43. The lowest BCUT2D eigenvalue weighted by Crippen LogP contribution is -2.26.